The molecule has 30 heavy (non-hydrogen) atoms. The Balaban J connectivity index is 0.00000256. The number of rotatable bonds is 7. The Hall–Kier alpha value is -1.70. The van der Waals surface area contributed by atoms with Gasteiger partial charge in [0.25, 0.3) is 0 Å². The number of nitrogens with zero attached hydrogens (tertiary/aromatic N) is 2. The van der Waals surface area contributed by atoms with Crippen LogP contribution in [0, 0.1) is 0 Å². The van der Waals surface area contributed by atoms with Gasteiger partial charge in [-0.2, -0.15) is 0 Å². The van der Waals surface area contributed by atoms with Crippen LogP contribution in [-0.2, 0) is 4.79 Å². The highest BCUT2D eigenvalue weighted by Crippen LogP contribution is 2.35. The lowest BCUT2D eigenvalue weighted by Gasteiger charge is -2.34. The fourth-order valence-corrected chi connectivity index (χ4v) is 5.75. The number of aliphatic hydroxyl groups excluding tert-OH is 1. The summed E-state index contributed by atoms with van der Waals surface area (Å²) < 4.78 is 0. The average Bonchev–Trinajstić information content (AvgIpc) is 3.50. The molecule has 7 heteroatoms. The van der Waals surface area contributed by atoms with E-state index < -0.39 is 0 Å². The van der Waals surface area contributed by atoms with Crippen molar-refractivity contribution < 1.29 is 9.90 Å². The van der Waals surface area contributed by atoms with Crippen molar-refractivity contribution in [1.29, 1.82) is 0 Å². The summed E-state index contributed by atoms with van der Waals surface area (Å²) in [5.41, 5.74) is 1.13. The SMILES string of the molecule is CN(C(=O)C(c1cccs1)c1cccs1)[C@H](CN1CC[C@H](O)C1)c1ccccc1.Cl. The van der Waals surface area contributed by atoms with Gasteiger partial charge < -0.3 is 10.0 Å². The molecule has 0 radical (unpaired) electrons. The number of hydrogen-bond acceptors (Lipinski definition) is 5. The van der Waals surface area contributed by atoms with Crippen molar-refractivity contribution in [2.75, 3.05) is 26.7 Å². The maximum atomic E-state index is 13.8. The number of hydrogen-bond donors (Lipinski definition) is 1. The van der Waals surface area contributed by atoms with Gasteiger partial charge in [-0.1, -0.05) is 42.5 Å². The van der Waals surface area contributed by atoms with E-state index in [1.807, 2.05) is 53.0 Å². The molecule has 3 heterocycles. The summed E-state index contributed by atoms with van der Waals surface area (Å²) in [7, 11) is 1.92. The van der Waals surface area contributed by atoms with Gasteiger partial charge in [-0.05, 0) is 34.9 Å². The third-order valence-electron chi connectivity index (χ3n) is 5.58. The van der Waals surface area contributed by atoms with Crippen molar-refractivity contribution in [1.82, 2.24) is 9.80 Å². The molecule has 0 spiro atoms. The summed E-state index contributed by atoms with van der Waals surface area (Å²) in [6.07, 6.45) is 0.532. The largest absolute Gasteiger partial charge is 0.392 e. The summed E-state index contributed by atoms with van der Waals surface area (Å²) in [5.74, 6) is -0.154. The highest BCUT2D eigenvalue weighted by Gasteiger charge is 2.33. The van der Waals surface area contributed by atoms with Crippen LogP contribution in [-0.4, -0.2) is 53.6 Å². The van der Waals surface area contributed by atoms with E-state index in [2.05, 4.69) is 29.2 Å². The van der Waals surface area contributed by atoms with Crippen molar-refractivity contribution in [3.05, 3.63) is 80.7 Å². The van der Waals surface area contributed by atoms with Crippen LogP contribution in [0.15, 0.2) is 65.4 Å². The lowest BCUT2D eigenvalue weighted by Crippen LogP contribution is -2.41. The molecule has 2 aromatic heterocycles. The molecule has 3 aromatic rings. The number of halogens is 1. The third kappa shape index (κ3) is 5.13. The Morgan fingerprint density at radius 1 is 1.10 bits per heavy atom. The summed E-state index contributed by atoms with van der Waals surface area (Å²) in [4.78, 5) is 20.1. The zero-order chi connectivity index (χ0) is 20.2. The molecule has 160 valence electrons. The molecule has 4 nitrogen and oxygen atoms in total. The summed E-state index contributed by atoms with van der Waals surface area (Å²) >= 11 is 3.26. The normalized spacial score (nSPS) is 17.6. The van der Waals surface area contributed by atoms with Gasteiger partial charge in [0.05, 0.1) is 12.1 Å². The molecule has 0 bridgehead atoms. The fourth-order valence-electron chi connectivity index (χ4n) is 4.00. The monoisotopic (exact) mass is 462 g/mol. The average molecular weight is 463 g/mol. The zero-order valence-electron chi connectivity index (χ0n) is 16.9. The number of likely N-dealkylation sites (tertiary alicyclic amines) is 1. The minimum absolute atomic E-state index is 0. The Morgan fingerprint density at radius 2 is 1.73 bits per heavy atom. The maximum Gasteiger partial charge on any atom is 0.236 e. The topological polar surface area (TPSA) is 43.8 Å². The molecule has 4 rings (SSSR count). The second kappa shape index (κ2) is 10.6. The van der Waals surface area contributed by atoms with Crippen LogP contribution in [0.2, 0.25) is 0 Å². The van der Waals surface area contributed by atoms with Crippen LogP contribution in [0.4, 0.5) is 0 Å². The number of β-amino-alcohol motifs (C(OH)–C–C–N with tert-alkyl or cyclic N) is 1. The van der Waals surface area contributed by atoms with Gasteiger partial charge in [-0.3, -0.25) is 9.69 Å². The number of thiophene rings is 2. The molecular weight excluding hydrogens is 436 g/mol. The van der Waals surface area contributed by atoms with Gasteiger partial charge in [0.15, 0.2) is 0 Å². The highest BCUT2D eigenvalue weighted by molar-refractivity contribution is 7.11. The lowest BCUT2D eigenvalue weighted by atomic mass is 10.00. The molecule has 2 atom stereocenters. The van der Waals surface area contributed by atoms with Crippen molar-refractivity contribution in [2.24, 2.45) is 0 Å². The first-order valence-corrected chi connectivity index (χ1v) is 11.7. The minimum atomic E-state index is -0.268. The van der Waals surface area contributed by atoms with E-state index in [9.17, 15) is 9.90 Å². The van der Waals surface area contributed by atoms with Crippen LogP contribution < -0.4 is 0 Å². The van der Waals surface area contributed by atoms with E-state index in [0.29, 0.717) is 6.54 Å². The molecule has 0 saturated carbocycles. The van der Waals surface area contributed by atoms with Crippen molar-refractivity contribution in [2.45, 2.75) is 24.5 Å². The van der Waals surface area contributed by atoms with Crippen molar-refractivity contribution >= 4 is 41.0 Å². The number of amides is 1. The molecule has 1 N–H and O–H groups in total. The molecule has 1 aromatic carbocycles. The molecule has 1 fully saturated rings. The summed E-state index contributed by atoms with van der Waals surface area (Å²) in [6.45, 7) is 2.27. The van der Waals surface area contributed by atoms with Gasteiger partial charge in [-0.15, -0.1) is 35.1 Å². The molecule has 0 aliphatic carbocycles. The molecule has 1 aliphatic heterocycles. The van der Waals surface area contributed by atoms with E-state index in [1.165, 1.54) is 0 Å². The number of carbonyl (C=O) groups is 1. The number of carbonyl (C=O) groups excluding carboxylic acids is 1. The maximum absolute atomic E-state index is 13.8. The highest BCUT2D eigenvalue weighted by atomic mass is 35.5. The molecular formula is C23H27ClN2O2S2. The second-order valence-corrected chi connectivity index (χ2v) is 9.50. The van der Waals surface area contributed by atoms with E-state index in [0.717, 1.165) is 34.8 Å². The van der Waals surface area contributed by atoms with Crippen molar-refractivity contribution in [3.8, 4) is 0 Å². The predicted molar refractivity (Wildman–Crippen MR) is 127 cm³/mol. The van der Waals surface area contributed by atoms with E-state index in [-0.39, 0.29) is 36.4 Å². The molecule has 0 unspecified atom stereocenters. The summed E-state index contributed by atoms with van der Waals surface area (Å²) in [5, 5.41) is 14.0. The first-order valence-electron chi connectivity index (χ1n) is 9.92. The van der Waals surface area contributed by atoms with Gasteiger partial charge in [-0.25, -0.2) is 0 Å². The Labute approximate surface area is 192 Å². The van der Waals surface area contributed by atoms with Crippen LogP contribution >= 0.6 is 35.1 Å². The second-order valence-electron chi connectivity index (χ2n) is 7.54. The van der Waals surface area contributed by atoms with Crippen LogP contribution in [0.3, 0.4) is 0 Å². The predicted octanol–water partition coefficient (Wildman–Crippen LogP) is 4.63. The quantitative estimate of drug-likeness (QED) is 0.556. The van der Waals surface area contributed by atoms with Crippen LogP contribution in [0.5, 0.6) is 0 Å². The molecule has 1 aliphatic rings. The Kier molecular flexibility index (Phi) is 8.08. The Bertz CT molecular complexity index is 868. The lowest BCUT2D eigenvalue weighted by molar-refractivity contribution is -0.133. The summed E-state index contributed by atoms with van der Waals surface area (Å²) in [6, 6.07) is 18.3. The van der Waals surface area contributed by atoms with Crippen LogP contribution in [0.1, 0.15) is 33.7 Å². The third-order valence-corrected chi connectivity index (χ3v) is 7.45. The molecule has 1 amide bonds. The minimum Gasteiger partial charge on any atom is -0.392 e. The first kappa shape index (κ1) is 23.0. The van der Waals surface area contributed by atoms with Gasteiger partial charge in [0, 0.05) is 36.4 Å². The van der Waals surface area contributed by atoms with Gasteiger partial charge in [0.1, 0.15) is 5.92 Å². The number of benzene rings is 1. The standard InChI is InChI=1S/C23H26N2O2S2.ClH/c1-24(23(27)22(20-9-5-13-28-20)21-10-6-14-29-21)19(17-7-3-2-4-8-17)16-25-12-11-18(26)15-25;/h2-10,13-14,18-19,22,26H,11-12,15-16H2,1H3;1H/t18-,19+;/m0./s1. The van der Waals surface area contributed by atoms with Gasteiger partial charge in [0.2, 0.25) is 5.91 Å². The molecule has 1 saturated heterocycles. The number of aliphatic hydroxyl groups is 1. The van der Waals surface area contributed by atoms with Crippen LogP contribution in [0.25, 0.3) is 0 Å². The zero-order valence-corrected chi connectivity index (χ0v) is 19.3. The fraction of sp³-hybridized carbons (Fsp3) is 0.348. The van der Waals surface area contributed by atoms with E-state index >= 15 is 0 Å². The van der Waals surface area contributed by atoms with E-state index in [1.54, 1.807) is 22.7 Å². The Morgan fingerprint density at radius 3 is 2.23 bits per heavy atom. The smallest absolute Gasteiger partial charge is 0.236 e. The van der Waals surface area contributed by atoms with E-state index in [4.69, 9.17) is 0 Å². The number of likely N-dealkylation sites (N-methyl/N-ethyl adjacent to an activating group) is 1. The van der Waals surface area contributed by atoms with Gasteiger partial charge >= 0.3 is 0 Å². The first-order chi connectivity index (χ1) is 14.1. The van der Waals surface area contributed by atoms with Crippen molar-refractivity contribution in [3.63, 3.8) is 0 Å².